The van der Waals surface area contributed by atoms with Gasteiger partial charge in [-0.1, -0.05) is 24.6 Å². The highest BCUT2D eigenvalue weighted by Gasteiger charge is 2.46. The van der Waals surface area contributed by atoms with E-state index in [0.717, 1.165) is 31.4 Å². The number of rotatable bonds is 3. The van der Waals surface area contributed by atoms with E-state index in [4.69, 9.17) is 4.74 Å². The van der Waals surface area contributed by atoms with Gasteiger partial charge in [0.15, 0.2) is 5.82 Å². The van der Waals surface area contributed by atoms with Gasteiger partial charge in [-0.2, -0.15) is 4.68 Å². The summed E-state index contributed by atoms with van der Waals surface area (Å²) in [7, 11) is 3.18. The van der Waals surface area contributed by atoms with Crippen molar-refractivity contribution in [3.05, 3.63) is 35.7 Å². The minimum absolute atomic E-state index is 0.368. The molecule has 0 bridgehead atoms. The fraction of sp³-hybridized carbons (Fsp3) is 0.556. The van der Waals surface area contributed by atoms with Gasteiger partial charge in [-0.05, 0) is 61.1 Å². The predicted molar refractivity (Wildman–Crippen MR) is 93.4 cm³/mol. The zero-order chi connectivity index (χ0) is 18.0. The molecule has 0 N–H and O–H groups in total. The van der Waals surface area contributed by atoms with E-state index in [0.29, 0.717) is 11.7 Å². The van der Waals surface area contributed by atoms with Gasteiger partial charge in [-0.3, -0.25) is 4.90 Å². The summed E-state index contributed by atoms with van der Waals surface area (Å²) < 4.78 is 6.73. The maximum absolute atomic E-state index is 12.3. The van der Waals surface area contributed by atoms with Crippen LogP contribution < -0.4 is 0 Å². The molecule has 1 heterocycles. The van der Waals surface area contributed by atoms with Gasteiger partial charge >= 0.3 is 6.09 Å². The number of benzene rings is 1. The topological polar surface area (TPSA) is 73.1 Å². The molecule has 7 nitrogen and oxygen atoms in total. The lowest BCUT2D eigenvalue weighted by molar-refractivity contribution is 0.0383. The summed E-state index contributed by atoms with van der Waals surface area (Å²) in [4.78, 5) is 14.0. The molecule has 1 fully saturated rings. The number of amides is 1. The maximum Gasteiger partial charge on any atom is 0.410 e. The lowest BCUT2D eigenvalue weighted by Gasteiger charge is -2.43. The van der Waals surface area contributed by atoms with Gasteiger partial charge in [0.05, 0.1) is 12.8 Å². The SMILES string of the molecule is COC(=O)N(C)C1(c2nnnn2-c2ccc(C)cc2)CCC(C)CC1. The molecule has 0 aliphatic heterocycles. The zero-order valence-electron chi connectivity index (χ0n) is 15.3. The number of tetrazole rings is 1. The fourth-order valence-corrected chi connectivity index (χ4v) is 3.60. The van der Waals surface area contributed by atoms with Crippen molar-refractivity contribution in [2.45, 2.75) is 45.1 Å². The van der Waals surface area contributed by atoms with Crippen molar-refractivity contribution in [3.63, 3.8) is 0 Å². The molecule has 2 aromatic rings. The second kappa shape index (κ2) is 6.82. The minimum Gasteiger partial charge on any atom is -0.453 e. The first kappa shape index (κ1) is 17.4. The molecule has 3 rings (SSSR count). The first-order valence-electron chi connectivity index (χ1n) is 8.65. The lowest BCUT2D eigenvalue weighted by Crippen LogP contribution is -2.50. The zero-order valence-corrected chi connectivity index (χ0v) is 15.3. The Kier molecular flexibility index (Phi) is 4.74. The molecule has 0 saturated heterocycles. The summed E-state index contributed by atoms with van der Waals surface area (Å²) in [5.74, 6) is 1.32. The molecule has 25 heavy (non-hydrogen) atoms. The predicted octanol–water partition coefficient (Wildman–Crippen LogP) is 3.07. The first-order valence-corrected chi connectivity index (χ1v) is 8.65. The highest BCUT2D eigenvalue weighted by atomic mass is 16.5. The highest BCUT2D eigenvalue weighted by Crippen LogP contribution is 2.43. The Labute approximate surface area is 148 Å². The van der Waals surface area contributed by atoms with Crippen LogP contribution in [0.5, 0.6) is 0 Å². The van der Waals surface area contributed by atoms with Crippen molar-refractivity contribution in [1.82, 2.24) is 25.1 Å². The molecule has 1 saturated carbocycles. The molecule has 0 atom stereocenters. The Hall–Kier alpha value is -2.44. The summed E-state index contributed by atoms with van der Waals surface area (Å²) in [6, 6.07) is 8.04. The number of carbonyl (C=O) groups excluding carboxylic acids is 1. The molecular formula is C18H25N5O2. The summed E-state index contributed by atoms with van der Waals surface area (Å²) in [6.07, 6.45) is 3.29. The van der Waals surface area contributed by atoms with Crippen LogP contribution in [0.4, 0.5) is 4.79 Å². The van der Waals surface area contributed by atoms with Gasteiger partial charge in [0.2, 0.25) is 0 Å². The fourth-order valence-electron chi connectivity index (χ4n) is 3.60. The van der Waals surface area contributed by atoms with Crippen LogP contribution >= 0.6 is 0 Å². The van der Waals surface area contributed by atoms with Crippen LogP contribution in [-0.4, -0.2) is 45.4 Å². The van der Waals surface area contributed by atoms with E-state index in [1.54, 1.807) is 16.6 Å². The molecule has 1 aromatic heterocycles. The van der Waals surface area contributed by atoms with E-state index in [1.807, 2.05) is 31.2 Å². The van der Waals surface area contributed by atoms with E-state index in [1.165, 1.54) is 12.7 Å². The first-order chi connectivity index (χ1) is 12.0. The molecule has 1 amide bonds. The minimum atomic E-state index is -0.562. The average molecular weight is 343 g/mol. The standard InChI is InChI=1S/C18H25N5O2/c1-13-5-7-15(8-6-13)23-16(19-20-21-23)18(22(3)17(24)25-4)11-9-14(2)10-12-18/h5-8,14H,9-12H2,1-4H3. The quantitative estimate of drug-likeness (QED) is 0.856. The number of hydrogen-bond acceptors (Lipinski definition) is 5. The number of hydrogen-bond donors (Lipinski definition) is 0. The monoisotopic (exact) mass is 343 g/mol. The van der Waals surface area contributed by atoms with Crippen LogP contribution in [0.2, 0.25) is 0 Å². The van der Waals surface area contributed by atoms with E-state index >= 15 is 0 Å². The van der Waals surface area contributed by atoms with Crippen LogP contribution in [0.1, 0.15) is 44.0 Å². The van der Waals surface area contributed by atoms with Gasteiger partial charge in [0.25, 0.3) is 0 Å². The molecule has 0 unspecified atom stereocenters. The van der Waals surface area contributed by atoms with Crippen molar-refractivity contribution in [2.24, 2.45) is 5.92 Å². The van der Waals surface area contributed by atoms with E-state index in [9.17, 15) is 4.79 Å². The van der Waals surface area contributed by atoms with E-state index in [-0.39, 0.29) is 6.09 Å². The maximum atomic E-state index is 12.3. The third-order valence-electron chi connectivity index (χ3n) is 5.36. The van der Waals surface area contributed by atoms with E-state index in [2.05, 4.69) is 22.4 Å². The van der Waals surface area contributed by atoms with Gasteiger partial charge < -0.3 is 4.74 Å². The van der Waals surface area contributed by atoms with Gasteiger partial charge in [-0.15, -0.1) is 5.10 Å². The van der Waals surface area contributed by atoms with Crippen molar-refractivity contribution >= 4 is 6.09 Å². The number of nitrogens with zero attached hydrogens (tertiary/aromatic N) is 5. The van der Waals surface area contributed by atoms with Gasteiger partial charge in [-0.25, -0.2) is 4.79 Å². The van der Waals surface area contributed by atoms with E-state index < -0.39 is 5.54 Å². The Bertz CT molecular complexity index is 732. The second-order valence-corrected chi connectivity index (χ2v) is 6.99. The summed E-state index contributed by atoms with van der Waals surface area (Å²) in [5, 5.41) is 12.4. The summed E-state index contributed by atoms with van der Waals surface area (Å²) in [6.45, 7) is 4.28. The molecule has 134 valence electrons. The third-order valence-corrected chi connectivity index (χ3v) is 5.36. The van der Waals surface area contributed by atoms with Crippen molar-refractivity contribution in [2.75, 3.05) is 14.2 Å². The highest BCUT2D eigenvalue weighted by molar-refractivity contribution is 5.68. The van der Waals surface area contributed by atoms with Crippen molar-refractivity contribution in [3.8, 4) is 5.69 Å². The third kappa shape index (κ3) is 3.10. The van der Waals surface area contributed by atoms with Crippen molar-refractivity contribution in [1.29, 1.82) is 0 Å². The Morgan fingerprint density at radius 2 is 1.92 bits per heavy atom. The molecule has 1 aromatic carbocycles. The number of methoxy groups -OCH3 is 1. The van der Waals surface area contributed by atoms with Crippen LogP contribution in [0.3, 0.4) is 0 Å². The van der Waals surface area contributed by atoms with Gasteiger partial charge in [0, 0.05) is 7.05 Å². The Morgan fingerprint density at radius 3 is 2.52 bits per heavy atom. The van der Waals surface area contributed by atoms with Crippen LogP contribution in [-0.2, 0) is 10.3 Å². The second-order valence-electron chi connectivity index (χ2n) is 6.99. The largest absolute Gasteiger partial charge is 0.453 e. The Balaban J connectivity index is 2.07. The van der Waals surface area contributed by atoms with Crippen LogP contribution in [0, 0.1) is 12.8 Å². The molecule has 7 heteroatoms. The van der Waals surface area contributed by atoms with Gasteiger partial charge in [0.1, 0.15) is 5.54 Å². The summed E-state index contributed by atoms with van der Waals surface area (Å²) >= 11 is 0. The summed E-state index contributed by atoms with van der Waals surface area (Å²) in [5.41, 5.74) is 1.50. The molecule has 1 aliphatic rings. The Morgan fingerprint density at radius 1 is 1.28 bits per heavy atom. The number of carbonyl (C=O) groups is 1. The van der Waals surface area contributed by atoms with Crippen LogP contribution in [0.15, 0.2) is 24.3 Å². The molecule has 0 radical (unpaired) electrons. The smallest absolute Gasteiger partial charge is 0.410 e. The normalized spacial score (nSPS) is 23.3. The van der Waals surface area contributed by atoms with Crippen molar-refractivity contribution < 1.29 is 9.53 Å². The lowest BCUT2D eigenvalue weighted by atomic mass is 9.75. The molecular weight excluding hydrogens is 318 g/mol. The number of ether oxygens (including phenoxy) is 1. The molecule has 0 spiro atoms. The number of aromatic nitrogens is 4. The number of aryl methyl sites for hydroxylation is 1. The average Bonchev–Trinajstić information content (AvgIpc) is 3.12. The molecule has 1 aliphatic carbocycles. The van der Waals surface area contributed by atoms with Crippen LogP contribution in [0.25, 0.3) is 5.69 Å².